The number of nitrogens with one attached hydrogen (secondary N) is 3. The molecule has 0 spiro atoms. The molecule has 0 bridgehead atoms. The Bertz CT molecular complexity index is 1110. The number of hydrogen-bond acceptors (Lipinski definition) is 6. The highest BCUT2D eigenvalue weighted by molar-refractivity contribution is 6.03. The average molecular weight is 516 g/mol. The van der Waals surface area contributed by atoms with E-state index in [-0.39, 0.29) is 11.5 Å². The van der Waals surface area contributed by atoms with Crippen molar-refractivity contribution in [1.29, 1.82) is 0 Å². The van der Waals surface area contributed by atoms with Crippen LogP contribution in [0.3, 0.4) is 0 Å². The molecule has 2 unspecified atom stereocenters. The number of aliphatic hydroxyl groups is 1. The lowest BCUT2D eigenvalue weighted by Gasteiger charge is -2.30. The first-order valence-electron chi connectivity index (χ1n) is 12.6. The predicted molar refractivity (Wildman–Crippen MR) is 135 cm³/mol. The number of carbonyl (C=O) groups is 3. The maximum Gasteiger partial charge on any atom is 0.255 e. The van der Waals surface area contributed by atoms with Crippen LogP contribution in [0.4, 0.5) is 4.39 Å². The topological polar surface area (TPSA) is 127 Å². The number of hydrogen-bond donors (Lipinski definition) is 4. The quantitative estimate of drug-likeness (QED) is 0.391. The summed E-state index contributed by atoms with van der Waals surface area (Å²) < 4.78 is 20.1. The zero-order valence-corrected chi connectivity index (χ0v) is 21.0. The van der Waals surface area contributed by atoms with Crippen LogP contribution in [0.5, 0.6) is 0 Å². The summed E-state index contributed by atoms with van der Waals surface area (Å²) in [6.07, 6.45) is 6.68. The number of aromatic nitrogens is 1. The Morgan fingerprint density at radius 1 is 1.24 bits per heavy atom. The number of aliphatic hydroxyl groups excluding tert-OH is 1. The summed E-state index contributed by atoms with van der Waals surface area (Å²) in [6, 6.07) is -1.04. The molecule has 11 heteroatoms. The van der Waals surface area contributed by atoms with Crippen LogP contribution in [0.15, 0.2) is 30.0 Å². The fourth-order valence-corrected chi connectivity index (χ4v) is 4.77. The monoisotopic (exact) mass is 515 g/mol. The number of alkyl halides is 1. The summed E-state index contributed by atoms with van der Waals surface area (Å²) in [5.74, 6) is -1.21. The van der Waals surface area contributed by atoms with Gasteiger partial charge in [0.15, 0.2) is 0 Å². The van der Waals surface area contributed by atoms with Gasteiger partial charge in [-0.25, -0.2) is 4.39 Å². The first kappa shape index (κ1) is 26.8. The van der Waals surface area contributed by atoms with E-state index < -0.39 is 30.6 Å². The Kier molecular flexibility index (Phi) is 8.91. The minimum atomic E-state index is -1.62. The number of halogens is 1. The van der Waals surface area contributed by atoms with Crippen LogP contribution >= 0.6 is 0 Å². The molecule has 3 aliphatic heterocycles. The highest BCUT2D eigenvalue weighted by Crippen LogP contribution is 2.27. The van der Waals surface area contributed by atoms with Gasteiger partial charge < -0.3 is 30.4 Å². The zero-order chi connectivity index (χ0) is 26.4. The summed E-state index contributed by atoms with van der Waals surface area (Å²) in [5, 5.41) is 13.8. The fourth-order valence-electron chi connectivity index (χ4n) is 4.77. The summed E-state index contributed by atoms with van der Waals surface area (Å²) in [6.45, 7) is 6.66. The van der Waals surface area contributed by atoms with Crippen molar-refractivity contribution >= 4 is 23.8 Å². The third-order valence-corrected chi connectivity index (χ3v) is 6.86. The molecule has 200 valence electrons. The SMILES string of the molecule is Cc1c(/C=C2/C=C/C(F)C(NC(=O)CO)/C=C/NC2=O)[nH]c2c1C(=O)N(CCCN1CCOCC1)CC2. The summed E-state index contributed by atoms with van der Waals surface area (Å²) in [7, 11) is 0. The molecule has 4 heterocycles. The van der Waals surface area contributed by atoms with Crippen molar-refractivity contribution in [3.63, 3.8) is 0 Å². The summed E-state index contributed by atoms with van der Waals surface area (Å²) >= 11 is 0. The molecule has 3 amide bonds. The maximum absolute atomic E-state index is 14.7. The second kappa shape index (κ2) is 12.3. The van der Waals surface area contributed by atoms with Crippen LogP contribution in [-0.2, 0) is 20.7 Å². The number of carbonyl (C=O) groups excluding carboxylic acids is 3. The van der Waals surface area contributed by atoms with Gasteiger partial charge in [0.1, 0.15) is 12.8 Å². The Morgan fingerprint density at radius 3 is 2.78 bits per heavy atom. The molecule has 0 radical (unpaired) electrons. The minimum absolute atomic E-state index is 0.0229. The molecule has 10 nitrogen and oxygen atoms in total. The molecule has 37 heavy (non-hydrogen) atoms. The lowest BCUT2D eigenvalue weighted by Crippen LogP contribution is -2.41. The zero-order valence-electron chi connectivity index (χ0n) is 21.0. The van der Waals surface area contributed by atoms with Gasteiger partial charge >= 0.3 is 0 Å². The molecule has 2 atom stereocenters. The molecule has 1 fully saturated rings. The maximum atomic E-state index is 14.7. The van der Waals surface area contributed by atoms with Gasteiger partial charge in [-0.2, -0.15) is 0 Å². The molecule has 0 saturated carbocycles. The molecule has 1 saturated heterocycles. The van der Waals surface area contributed by atoms with Crippen LogP contribution in [0, 0.1) is 6.92 Å². The van der Waals surface area contributed by atoms with E-state index in [1.165, 1.54) is 24.4 Å². The fraction of sp³-hybridized carbons (Fsp3) is 0.500. The lowest BCUT2D eigenvalue weighted by molar-refractivity contribution is -0.124. The van der Waals surface area contributed by atoms with Gasteiger partial charge in [-0.3, -0.25) is 19.3 Å². The molecule has 4 rings (SSSR count). The van der Waals surface area contributed by atoms with Gasteiger partial charge in [0.05, 0.1) is 24.8 Å². The molecule has 3 aliphatic rings. The van der Waals surface area contributed by atoms with Gasteiger partial charge in [0.25, 0.3) is 11.8 Å². The standard InChI is InChI=1S/C26H34FN5O5/c1-17-22(15-18-3-4-19(27)20(30-23(34)16-33)5-7-28-25(18)35)29-21-6-10-32(26(36)24(17)21)9-2-8-31-11-13-37-14-12-31/h3-5,7,15,19-20,29,33H,2,6,8-14,16H2,1H3,(H,28,35)(H,30,34)/b4-3+,7-5+,18-15-. The van der Waals surface area contributed by atoms with Crippen molar-refractivity contribution in [2.45, 2.75) is 32.0 Å². The third kappa shape index (κ3) is 6.54. The largest absolute Gasteiger partial charge is 0.387 e. The molecule has 1 aromatic rings. The first-order chi connectivity index (χ1) is 17.9. The van der Waals surface area contributed by atoms with E-state index in [0.29, 0.717) is 30.8 Å². The molecule has 0 aromatic carbocycles. The number of nitrogens with zero attached hydrogens (tertiary/aromatic N) is 2. The molecular weight excluding hydrogens is 481 g/mol. The molecule has 4 N–H and O–H groups in total. The number of amides is 3. The van der Waals surface area contributed by atoms with Crippen LogP contribution in [0.2, 0.25) is 0 Å². The number of H-pyrrole nitrogens is 1. The number of aromatic amines is 1. The number of ether oxygens (including phenoxy) is 1. The normalized spacial score (nSPS) is 25.6. The van der Waals surface area contributed by atoms with Crippen molar-refractivity contribution in [2.24, 2.45) is 0 Å². The Morgan fingerprint density at radius 2 is 2.03 bits per heavy atom. The smallest absolute Gasteiger partial charge is 0.255 e. The predicted octanol–water partition coefficient (Wildman–Crippen LogP) is 0.442. The van der Waals surface area contributed by atoms with Crippen molar-refractivity contribution in [3.8, 4) is 0 Å². The van der Waals surface area contributed by atoms with E-state index in [4.69, 9.17) is 9.84 Å². The number of rotatable bonds is 7. The molecule has 1 aromatic heterocycles. The van der Waals surface area contributed by atoms with E-state index in [2.05, 4.69) is 20.5 Å². The average Bonchev–Trinajstić information content (AvgIpc) is 3.24. The Balaban J connectivity index is 1.47. The highest BCUT2D eigenvalue weighted by atomic mass is 19.1. The number of fused-ring (bicyclic) bond motifs is 1. The van der Waals surface area contributed by atoms with E-state index in [0.717, 1.165) is 50.5 Å². The second-order valence-electron chi connectivity index (χ2n) is 9.35. The van der Waals surface area contributed by atoms with Gasteiger partial charge in [-0.1, -0.05) is 6.08 Å². The lowest BCUT2D eigenvalue weighted by atomic mass is 10.0. The van der Waals surface area contributed by atoms with Crippen molar-refractivity contribution in [1.82, 2.24) is 25.4 Å². The Labute approximate surface area is 215 Å². The van der Waals surface area contributed by atoms with E-state index in [1.54, 1.807) is 6.08 Å². The van der Waals surface area contributed by atoms with Gasteiger partial charge in [-0.05, 0) is 37.1 Å². The molecular formula is C26H34FN5O5. The van der Waals surface area contributed by atoms with Crippen molar-refractivity contribution in [2.75, 3.05) is 52.5 Å². The van der Waals surface area contributed by atoms with Gasteiger partial charge in [-0.15, -0.1) is 0 Å². The van der Waals surface area contributed by atoms with E-state index in [1.807, 2.05) is 11.8 Å². The third-order valence-electron chi connectivity index (χ3n) is 6.86. The Hall–Kier alpha value is -3.28. The van der Waals surface area contributed by atoms with Crippen LogP contribution < -0.4 is 10.6 Å². The van der Waals surface area contributed by atoms with Gasteiger partial charge in [0.2, 0.25) is 5.91 Å². The van der Waals surface area contributed by atoms with E-state index in [9.17, 15) is 18.8 Å². The van der Waals surface area contributed by atoms with Crippen molar-refractivity contribution in [3.05, 3.63) is 52.5 Å². The van der Waals surface area contributed by atoms with Gasteiger partial charge in [0, 0.05) is 62.3 Å². The van der Waals surface area contributed by atoms with E-state index >= 15 is 0 Å². The first-order valence-corrected chi connectivity index (χ1v) is 12.6. The summed E-state index contributed by atoms with van der Waals surface area (Å²) in [5.41, 5.74) is 3.02. The number of morpholine rings is 1. The van der Waals surface area contributed by atoms with Crippen LogP contribution in [0.1, 0.15) is 33.7 Å². The molecule has 0 aliphatic carbocycles. The summed E-state index contributed by atoms with van der Waals surface area (Å²) in [4.78, 5) is 45.0. The second-order valence-corrected chi connectivity index (χ2v) is 9.35. The van der Waals surface area contributed by atoms with Crippen molar-refractivity contribution < 1.29 is 28.6 Å². The highest BCUT2D eigenvalue weighted by Gasteiger charge is 2.29. The van der Waals surface area contributed by atoms with Crippen LogP contribution in [0.25, 0.3) is 6.08 Å². The van der Waals surface area contributed by atoms with Crippen LogP contribution in [-0.4, -0.2) is 102 Å². The minimum Gasteiger partial charge on any atom is -0.387 e.